The molecule has 1 aromatic rings. The molecule has 0 spiro atoms. The van der Waals surface area contributed by atoms with Gasteiger partial charge in [-0.2, -0.15) is 0 Å². The molecule has 0 aliphatic heterocycles. The Labute approximate surface area is 68.8 Å². The van der Waals surface area contributed by atoms with Crippen LogP contribution in [-0.4, -0.2) is 9.97 Å². The minimum atomic E-state index is 0.825. The van der Waals surface area contributed by atoms with Gasteiger partial charge in [0.25, 0.3) is 0 Å². The van der Waals surface area contributed by atoms with Gasteiger partial charge in [0, 0.05) is 5.69 Å². The molecule has 0 bridgehead atoms. The third kappa shape index (κ3) is 1.77. The molecule has 0 aliphatic rings. The molecule has 3 heteroatoms. The van der Waals surface area contributed by atoms with Crippen molar-refractivity contribution >= 4 is 15.9 Å². The minimum Gasteiger partial charge on any atom is -0.238 e. The fourth-order valence-electron chi connectivity index (χ4n) is 0.771. The number of nitrogens with zero attached hydrogens (tertiary/aromatic N) is 2. The van der Waals surface area contributed by atoms with E-state index >= 15 is 0 Å². The smallest absolute Gasteiger partial charge is 0.126 e. The lowest BCUT2D eigenvalue weighted by Gasteiger charge is -1.97. The molecule has 1 rings (SSSR count). The van der Waals surface area contributed by atoms with Crippen molar-refractivity contribution < 1.29 is 0 Å². The first-order chi connectivity index (χ1) is 4.72. The van der Waals surface area contributed by atoms with E-state index in [9.17, 15) is 0 Å². The van der Waals surface area contributed by atoms with Crippen LogP contribution in [0.3, 0.4) is 0 Å². The van der Waals surface area contributed by atoms with E-state index in [-0.39, 0.29) is 0 Å². The topological polar surface area (TPSA) is 25.8 Å². The van der Waals surface area contributed by atoms with Gasteiger partial charge in [0.15, 0.2) is 0 Å². The van der Waals surface area contributed by atoms with Crippen LogP contribution in [0.2, 0.25) is 0 Å². The lowest BCUT2D eigenvalue weighted by atomic mass is 10.3. The summed E-state index contributed by atoms with van der Waals surface area (Å²) in [5, 5.41) is 0. The van der Waals surface area contributed by atoms with E-state index in [4.69, 9.17) is 0 Å². The van der Waals surface area contributed by atoms with E-state index in [0.29, 0.717) is 0 Å². The molecular weight excluding hydrogens is 192 g/mol. The zero-order valence-corrected chi connectivity index (χ0v) is 7.64. The van der Waals surface area contributed by atoms with Gasteiger partial charge >= 0.3 is 0 Å². The van der Waals surface area contributed by atoms with Crippen molar-refractivity contribution in [3.63, 3.8) is 0 Å². The number of rotatable bonds is 1. The molecule has 0 saturated carbocycles. The molecule has 0 radical (unpaired) electrons. The molecule has 0 aliphatic carbocycles. The molecular formula is C7H9BrN2. The average Bonchev–Trinajstić information content (AvgIpc) is 1.85. The standard InChI is InChI=1S/C7H9BrN2/c1-3-6-4-7(8)10-5(2)9-6/h4H,3H2,1-2H3. The molecule has 54 valence electrons. The summed E-state index contributed by atoms with van der Waals surface area (Å²) in [6.45, 7) is 3.97. The molecule has 10 heavy (non-hydrogen) atoms. The minimum absolute atomic E-state index is 0.825. The average molecular weight is 201 g/mol. The van der Waals surface area contributed by atoms with Crippen LogP contribution in [-0.2, 0) is 6.42 Å². The van der Waals surface area contributed by atoms with Gasteiger partial charge < -0.3 is 0 Å². The van der Waals surface area contributed by atoms with Crippen molar-refractivity contribution in [1.82, 2.24) is 9.97 Å². The molecule has 0 unspecified atom stereocenters. The Morgan fingerprint density at radius 1 is 1.50 bits per heavy atom. The van der Waals surface area contributed by atoms with Crippen LogP contribution < -0.4 is 0 Å². The Morgan fingerprint density at radius 2 is 2.20 bits per heavy atom. The molecule has 2 nitrogen and oxygen atoms in total. The molecule has 0 fully saturated rings. The van der Waals surface area contributed by atoms with Crippen molar-refractivity contribution in [3.8, 4) is 0 Å². The Kier molecular flexibility index (Phi) is 2.38. The summed E-state index contributed by atoms with van der Waals surface area (Å²) < 4.78 is 0.872. The van der Waals surface area contributed by atoms with Crippen LogP contribution in [0.15, 0.2) is 10.7 Å². The van der Waals surface area contributed by atoms with E-state index in [2.05, 4.69) is 32.8 Å². The molecule has 0 amide bonds. The maximum atomic E-state index is 4.21. The normalized spacial score (nSPS) is 9.90. The molecule has 1 heterocycles. The van der Waals surface area contributed by atoms with E-state index in [1.165, 1.54) is 0 Å². The first-order valence-corrected chi connectivity index (χ1v) is 4.01. The Bertz CT molecular complexity index is 215. The van der Waals surface area contributed by atoms with Crippen LogP contribution in [0.5, 0.6) is 0 Å². The first-order valence-electron chi connectivity index (χ1n) is 3.22. The highest BCUT2D eigenvalue weighted by atomic mass is 79.9. The molecule has 1 aromatic heterocycles. The maximum absolute atomic E-state index is 4.21. The third-order valence-electron chi connectivity index (χ3n) is 1.22. The van der Waals surface area contributed by atoms with E-state index in [0.717, 1.165) is 22.5 Å². The largest absolute Gasteiger partial charge is 0.238 e. The van der Waals surface area contributed by atoms with Gasteiger partial charge in [-0.1, -0.05) is 6.92 Å². The quantitative estimate of drug-likeness (QED) is 0.650. The summed E-state index contributed by atoms with van der Waals surface area (Å²) in [7, 11) is 0. The SMILES string of the molecule is CCc1cc(Br)nc(C)n1. The number of hydrogen-bond acceptors (Lipinski definition) is 2. The predicted molar refractivity (Wildman–Crippen MR) is 43.8 cm³/mol. The monoisotopic (exact) mass is 200 g/mol. The van der Waals surface area contributed by atoms with Crippen LogP contribution in [0.1, 0.15) is 18.4 Å². The number of aromatic nitrogens is 2. The molecule has 0 N–H and O–H groups in total. The highest BCUT2D eigenvalue weighted by Crippen LogP contribution is 2.07. The van der Waals surface area contributed by atoms with Crippen LogP contribution >= 0.6 is 15.9 Å². The molecule has 0 aromatic carbocycles. The summed E-state index contributed by atoms with van der Waals surface area (Å²) in [5.74, 6) is 0.825. The molecule has 0 saturated heterocycles. The van der Waals surface area contributed by atoms with Crippen molar-refractivity contribution in [2.45, 2.75) is 20.3 Å². The summed E-state index contributed by atoms with van der Waals surface area (Å²) in [6, 6.07) is 1.94. The zero-order valence-electron chi connectivity index (χ0n) is 6.06. The van der Waals surface area contributed by atoms with Gasteiger partial charge in [-0.3, -0.25) is 0 Å². The Hall–Kier alpha value is -0.440. The highest BCUT2D eigenvalue weighted by Gasteiger charge is 1.95. The zero-order chi connectivity index (χ0) is 7.56. The lowest BCUT2D eigenvalue weighted by molar-refractivity contribution is 0.937. The molecule has 0 atom stereocenters. The second kappa shape index (κ2) is 3.10. The Morgan fingerprint density at radius 3 is 2.70 bits per heavy atom. The lowest BCUT2D eigenvalue weighted by Crippen LogP contribution is -1.93. The number of aryl methyl sites for hydroxylation is 2. The van der Waals surface area contributed by atoms with Crippen molar-refractivity contribution in [2.75, 3.05) is 0 Å². The van der Waals surface area contributed by atoms with Gasteiger partial charge in [-0.25, -0.2) is 9.97 Å². The second-order valence-corrected chi connectivity index (χ2v) is 2.90. The highest BCUT2D eigenvalue weighted by molar-refractivity contribution is 9.10. The summed E-state index contributed by atoms with van der Waals surface area (Å²) in [4.78, 5) is 8.30. The van der Waals surface area contributed by atoms with Gasteiger partial charge in [0.2, 0.25) is 0 Å². The van der Waals surface area contributed by atoms with Gasteiger partial charge in [-0.15, -0.1) is 0 Å². The number of halogens is 1. The summed E-state index contributed by atoms with van der Waals surface area (Å²) >= 11 is 3.30. The van der Waals surface area contributed by atoms with Crippen LogP contribution in [0, 0.1) is 6.92 Å². The summed E-state index contributed by atoms with van der Waals surface area (Å²) in [6.07, 6.45) is 0.960. The Balaban J connectivity index is 3.06. The number of hydrogen-bond donors (Lipinski definition) is 0. The fourth-order valence-corrected chi connectivity index (χ4v) is 1.29. The van der Waals surface area contributed by atoms with E-state index in [1.807, 2.05) is 13.0 Å². The first kappa shape index (κ1) is 7.66. The van der Waals surface area contributed by atoms with Gasteiger partial charge in [0.05, 0.1) is 0 Å². The predicted octanol–water partition coefficient (Wildman–Crippen LogP) is 2.11. The van der Waals surface area contributed by atoms with E-state index in [1.54, 1.807) is 0 Å². The summed E-state index contributed by atoms with van der Waals surface area (Å²) in [5.41, 5.74) is 1.08. The van der Waals surface area contributed by atoms with Crippen molar-refractivity contribution in [2.24, 2.45) is 0 Å². The van der Waals surface area contributed by atoms with Crippen LogP contribution in [0.4, 0.5) is 0 Å². The van der Waals surface area contributed by atoms with Crippen molar-refractivity contribution in [1.29, 1.82) is 0 Å². The van der Waals surface area contributed by atoms with Gasteiger partial charge in [0.1, 0.15) is 10.4 Å². The van der Waals surface area contributed by atoms with Gasteiger partial charge in [-0.05, 0) is 35.3 Å². The fraction of sp³-hybridized carbons (Fsp3) is 0.429. The second-order valence-electron chi connectivity index (χ2n) is 2.08. The van der Waals surface area contributed by atoms with Crippen LogP contribution in [0.25, 0.3) is 0 Å². The van der Waals surface area contributed by atoms with E-state index < -0.39 is 0 Å². The third-order valence-corrected chi connectivity index (χ3v) is 1.63. The maximum Gasteiger partial charge on any atom is 0.126 e. The van der Waals surface area contributed by atoms with Crippen molar-refractivity contribution in [3.05, 3.63) is 22.2 Å².